The number of halogens is 1. The Labute approximate surface area is 225 Å². The molecule has 0 bridgehead atoms. The highest BCUT2D eigenvalue weighted by Crippen LogP contribution is 2.27. The van der Waals surface area contributed by atoms with Gasteiger partial charge in [0.15, 0.2) is 5.82 Å². The molecule has 3 amide bonds. The second-order valence-corrected chi connectivity index (χ2v) is 11.2. The molecule has 2 N–H and O–H groups in total. The van der Waals surface area contributed by atoms with Crippen LogP contribution in [0.3, 0.4) is 0 Å². The van der Waals surface area contributed by atoms with Crippen LogP contribution in [-0.2, 0) is 16.1 Å². The Bertz CT molecular complexity index is 1120. The van der Waals surface area contributed by atoms with E-state index in [-0.39, 0.29) is 22.6 Å². The van der Waals surface area contributed by atoms with Crippen LogP contribution < -0.4 is 10.2 Å². The van der Waals surface area contributed by atoms with Gasteiger partial charge in [-0.2, -0.15) is 0 Å². The molecule has 2 aromatic rings. The maximum Gasteiger partial charge on any atom is 0.255 e. The fourth-order valence-corrected chi connectivity index (χ4v) is 4.55. The number of aliphatic hydroxyl groups excluding tert-OH is 1. The molecule has 2 unspecified atom stereocenters. The summed E-state index contributed by atoms with van der Waals surface area (Å²) < 4.78 is 15.4. The predicted octanol–water partition coefficient (Wildman–Crippen LogP) is 4.68. The Morgan fingerprint density at radius 3 is 2.45 bits per heavy atom. The number of amides is 3. The molecule has 1 saturated heterocycles. The zero-order chi connectivity index (χ0) is 27.9. The first-order valence-corrected chi connectivity index (χ1v) is 13.4. The molecule has 7 nitrogen and oxygen atoms in total. The number of benzene rings is 2. The number of carbonyl (C=O) groups is 3. The van der Waals surface area contributed by atoms with Gasteiger partial charge in [0, 0.05) is 26.1 Å². The number of nitrogens with zero attached hydrogens (tertiary/aromatic N) is 2. The lowest BCUT2D eigenvalue weighted by molar-refractivity contribution is -0.137. The first-order valence-electron chi connectivity index (χ1n) is 13.4. The van der Waals surface area contributed by atoms with E-state index in [1.54, 1.807) is 4.90 Å². The fourth-order valence-electron chi connectivity index (χ4n) is 4.55. The van der Waals surface area contributed by atoms with E-state index in [2.05, 4.69) is 26.1 Å². The first-order chi connectivity index (χ1) is 18.0. The molecule has 0 aliphatic carbocycles. The van der Waals surface area contributed by atoms with Gasteiger partial charge < -0.3 is 20.2 Å². The minimum atomic E-state index is -1.25. The van der Waals surface area contributed by atoms with Crippen LogP contribution in [-0.4, -0.2) is 53.0 Å². The lowest BCUT2D eigenvalue weighted by Crippen LogP contribution is -2.54. The van der Waals surface area contributed by atoms with Crippen molar-refractivity contribution in [2.75, 3.05) is 18.0 Å². The number of rotatable bonds is 11. The maximum atomic E-state index is 15.4. The maximum absolute atomic E-state index is 15.4. The Morgan fingerprint density at radius 2 is 1.84 bits per heavy atom. The summed E-state index contributed by atoms with van der Waals surface area (Å²) >= 11 is 0. The predicted molar refractivity (Wildman–Crippen MR) is 146 cm³/mol. The van der Waals surface area contributed by atoms with Crippen LogP contribution in [0.1, 0.15) is 75.7 Å². The van der Waals surface area contributed by atoms with Gasteiger partial charge in [-0.3, -0.25) is 14.4 Å². The molecule has 0 aromatic heterocycles. The Balaban J connectivity index is 1.88. The highest BCUT2D eigenvalue weighted by Gasteiger charge is 2.34. The summed E-state index contributed by atoms with van der Waals surface area (Å²) in [6.45, 7) is 9.29. The molecule has 1 aliphatic rings. The average molecular weight is 526 g/mol. The summed E-state index contributed by atoms with van der Waals surface area (Å²) in [5, 5.41) is 13.6. The van der Waals surface area contributed by atoms with E-state index < -0.39 is 29.8 Å². The molecule has 206 valence electrons. The summed E-state index contributed by atoms with van der Waals surface area (Å²) in [6, 6.07) is 12.6. The topological polar surface area (TPSA) is 90.0 Å². The van der Waals surface area contributed by atoms with Gasteiger partial charge in [-0.25, -0.2) is 4.39 Å². The Kier molecular flexibility index (Phi) is 10.0. The molecule has 2 aromatic carbocycles. The summed E-state index contributed by atoms with van der Waals surface area (Å²) in [4.78, 5) is 42.3. The Morgan fingerprint density at radius 1 is 1.13 bits per heavy atom. The zero-order valence-corrected chi connectivity index (χ0v) is 22.9. The summed E-state index contributed by atoms with van der Waals surface area (Å²) in [7, 11) is 0. The van der Waals surface area contributed by atoms with Gasteiger partial charge in [-0.05, 0) is 42.4 Å². The molecule has 1 fully saturated rings. The van der Waals surface area contributed by atoms with E-state index in [0.29, 0.717) is 45.3 Å². The van der Waals surface area contributed by atoms with Crippen molar-refractivity contribution < 1.29 is 23.9 Å². The molecule has 38 heavy (non-hydrogen) atoms. The second-order valence-electron chi connectivity index (χ2n) is 11.2. The lowest BCUT2D eigenvalue weighted by Gasteiger charge is -2.32. The zero-order valence-electron chi connectivity index (χ0n) is 22.9. The van der Waals surface area contributed by atoms with Crippen LogP contribution in [0, 0.1) is 11.2 Å². The summed E-state index contributed by atoms with van der Waals surface area (Å²) in [5.74, 6) is -2.23. The van der Waals surface area contributed by atoms with E-state index in [1.807, 2.05) is 37.3 Å². The van der Waals surface area contributed by atoms with Crippen LogP contribution in [0.4, 0.5) is 10.1 Å². The quantitative estimate of drug-likeness (QED) is 0.446. The fraction of sp³-hybridized carbons (Fsp3) is 0.500. The molecule has 8 heteroatoms. The van der Waals surface area contributed by atoms with Crippen LogP contribution in [0.5, 0.6) is 0 Å². The molecule has 2 atom stereocenters. The summed E-state index contributed by atoms with van der Waals surface area (Å²) in [6.07, 6.45) is 1.43. The van der Waals surface area contributed by atoms with Crippen LogP contribution >= 0.6 is 0 Å². The SMILES string of the molecule is CCCC(O)C(NC(=O)c1cccc(N2CCCC2=O)c1F)C(=O)N(CCC(C)(C)C)Cc1ccccc1. The normalized spacial score (nSPS) is 15.3. The second kappa shape index (κ2) is 13.0. The van der Waals surface area contributed by atoms with Gasteiger partial charge >= 0.3 is 0 Å². The number of hydrogen-bond donors (Lipinski definition) is 2. The van der Waals surface area contributed by atoms with E-state index in [0.717, 1.165) is 12.0 Å². The number of hydrogen-bond acceptors (Lipinski definition) is 4. The van der Waals surface area contributed by atoms with Crippen molar-refractivity contribution in [1.82, 2.24) is 10.2 Å². The van der Waals surface area contributed by atoms with E-state index >= 15 is 4.39 Å². The van der Waals surface area contributed by atoms with Crippen molar-refractivity contribution in [2.45, 2.75) is 78.5 Å². The lowest BCUT2D eigenvalue weighted by atomic mass is 9.91. The van der Waals surface area contributed by atoms with Crippen molar-refractivity contribution in [3.05, 3.63) is 65.5 Å². The standard InChI is InChI=1S/C30H40FN3O4/c1-5-11-24(35)27(29(38)33(19-17-30(2,3)4)20-21-12-7-6-8-13-21)32-28(37)22-14-9-15-23(26(22)31)34-18-10-16-25(34)36/h6-9,12-15,24,27,35H,5,10-11,16-20H2,1-4H3,(H,32,37). The van der Waals surface area contributed by atoms with Crippen molar-refractivity contribution in [1.29, 1.82) is 0 Å². The number of carbonyl (C=O) groups excluding carboxylic acids is 3. The summed E-state index contributed by atoms with van der Waals surface area (Å²) in [5.41, 5.74) is 0.673. The van der Waals surface area contributed by atoms with Crippen molar-refractivity contribution in [3.63, 3.8) is 0 Å². The largest absolute Gasteiger partial charge is 0.390 e. The Hall–Kier alpha value is -3.26. The van der Waals surface area contributed by atoms with E-state index in [4.69, 9.17) is 0 Å². The third-order valence-electron chi connectivity index (χ3n) is 6.77. The molecule has 3 rings (SSSR count). The molecule has 0 radical (unpaired) electrons. The van der Waals surface area contributed by atoms with Gasteiger partial charge in [-0.1, -0.05) is 70.5 Å². The van der Waals surface area contributed by atoms with Crippen LogP contribution in [0.25, 0.3) is 0 Å². The molecule has 0 spiro atoms. The van der Waals surface area contributed by atoms with Crippen molar-refractivity contribution in [3.8, 4) is 0 Å². The van der Waals surface area contributed by atoms with Gasteiger partial charge in [0.1, 0.15) is 6.04 Å². The van der Waals surface area contributed by atoms with Crippen molar-refractivity contribution >= 4 is 23.4 Å². The van der Waals surface area contributed by atoms with Gasteiger partial charge in [0.05, 0.1) is 17.4 Å². The number of aliphatic hydroxyl groups is 1. The van der Waals surface area contributed by atoms with E-state index in [1.165, 1.54) is 23.1 Å². The van der Waals surface area contributed by atoms with Gasteiger partial charge in [0.25, 0.3) is 5.91 Å². The number of anilines is 1. The third-order valence-corrected chi connectivity index (χ3v) is 6.77. The highest BCUT2D eigenvalue weighted by atomic mass is 19.1. The van der Waals surface area contributed by atoms with Crippen LogP contribution in [0.2, 0.25) is 0 Å². The minimum Gasteiger partial charge on any atom is -0.390 e. The number of nitrogens with one attached hydrogen (secondary N) is 1. The highest BCUT2D eigenvalue weighted by molar-refractivity contribution is 6.01. The minimum absolute atomic E-state index is 0.0351. The molecule has 1 heterocycles. The van der Waals surface area contributed by atoms with Crippen molar-refractivity contribution in [2.24, 2.45) is 5.41 Å². The average Bonchev–Trinajstić information content (AvgIpc) is 3.30. The smallest absolute Gasteiger partial charge is 0.255 e. The monoisotopic (exact) mass is 525 g/mol. The first kappa shape index (κ1) is 29.3. The van der Waals surface area contributed by atoms with Gasteiger partial charge in [-0.15, -0.1) is 0 Å². The molecular formula is C30H40FN3O4. The molecule has 0 saturated carbocycles. The van der Waals surface area contributed by atoms with E-state index in [9.17, 15) is 19.5 Å². The molecule has 1 aliphatic heterocycles. The molecular weight excluding hydrogens is 485 g/mol. The van der Waals surface area contributed by atoms with Crippen LogP contribution in [0.15, 0.2) is 48.5 Å². The third kappa shape index (κ3) is 7.63. The van der Waals surface area contributed by atoms with Gasteiger partial charge in [0.2, 0.25) is 11.8 Å².